The molecule has 0 bridgehead atoms. The van der Waals surface area contributed by atoms with Crippen molar-refractivity contribution >= 4 is 12.0 Å². The van der Waals surface area contributed by atoms with Crippen LogP contribution in [0.25, 0.3) is 0 Å². The lowest BCUT2D eigenvalue weighted by Gasteiger charge is -2.27. The molecule has 5 nitrogen and oxygen atoms in total. The second-order valence-electron chi connectivity index (χ2n) is 8.60. The summed E-state index contributed by atoms with van der Waals surface area (Å²) in [7, 11) is 1.91. The number of hydrogen-bond donors (Lipinski definition) is 1. The fraction of sp³-hybridized carbons (Fsp3) is 0.583. The van der Waals surface area contributed by atoms with Crippen LogP contribution in [0, 0.1) is 5.41 Å². The number of allylic oxidation sites excluding steroid dienone is 2. The van der Waals surface area contributed by atoms with Gasteiger partial charge in [0.05, 0.1) is 6.33 Å². The van der Waals surface area contributed by atoms with Crippen molar-refractivity contribution in [1.82, 2.24) is 14.9 Å². The second-order valence-corrected chi connectivity index (χ2v) is 8.60. The van der Waals surface area contributed by atoms with E-state index in [0.717, 1.165) is 49.8 Å². The maximum absolute atomic E-state index is 13.5. The molecule has 0 saturated heterocycles. The number of carbonyl (C=O) groups is 1. The quantitative estimate of drug-likeness (QED) is 0.353. The van der Waals surface area contributed by atoms with Gasteiger partial charge in [-0.15, -0.1) is 5.73 Å². The molecule has 2 heterocycles. The molecule has 29 heavy (non-hydrogen) atoms. The molecule has 3 rings (SSSR count). The van der Waals surface area contributed by atoms with Gasteiger partial charge in [0.15, 0.2) is 5.78 Å². The van der Waals surface area contributed by atoms with Crippen molar-refractivity contribution in [2.75, 3.05) is 6.54 Å². The van der Waals surface area contributed by atoms with Crippen LogP contribution in [0.5, 0.6) is 0 Å². The van der Waals surface area contributed by atoms with Crippen LogP contribution in [0.1, 0.15) is 75.7 Å². The maximum atomic E-state index is 13.5. The Labute approximate surface area is 174 Å². The van der Waals surface area contributed by atoms with Crippen molar-refractivity contribution in [1.29, 1.82) is 0 Å². The second kappa shape index (κ2) is 10.00. The molecule has 1 N–H and O–H groups in total. The number of aromatic nitrogens is 2. The van der Waals surface area contributed by atoms with E-state index in [2.05, 4.69) is 27.9 Å². The fourth-order valence-corrected chi connectivity index (χ4v) is 4.37. The monoisotopic (exact) mass is 394 g/mol. The van der Waals surface area contributed by atoms with E-state index in [1.165, 1.54) is 19.3 Å². The van der Waals surface area contributed by atoms with Gasteiger partial charge in [0.25, 0.3) is 0 Å². The van der Waals surface area contributed by atoms with Crippen molar-refractivity contribution in [3.05, 3.63) is 47.4 Å². The molecule has 1 aromatic heterocycles. The van der Waals surface area contributed by atoms with E-state index >= 15 is 0 Å². The van der Waals surface area contributed by atoms with Crippen molar-refractivity contribution in [3.63, 3.8) is 0 Å². The Morgan fingerprint density at radius 1 is 1.41 bits per heavy atom. The number of nitrogens with zero attached hydrogens (tertiary/aromatic N) is 3. The average Bonchev–Trinajstić information content (AvgIpc) is 3.27. The van der Waals surface area contributed by atoms with Crippen LogP contribution in [0.4, 0.5) is 0 Å². The molecule has 1 saturated carbocycles. The molecule has 156 valence electrons. The van der Waals surface area contributed by atoms with Crippen LogP contribution in [0.3, 0.4) is 0 Å². The molecule has 1 fully saturated rings. The molecule has 1 aromatic rings. The zero-order valence-electron chi connectivity index (χ0n) is 18.1. The van der Waals surface area contributed by atoms with Gasteiger partial charge in [-0.1, -0.05) is 19.8 Å². The molecule has 1 aliphatic carbocycles. The van der Waals surface area contributed by atoms with Crippen LogP contribution >= 0.6 is 0 Å². The van der Waals surface area contributed by atoms with Gasteiger partial charge < -0.3 is 9.88 Å². The van der Waals surface area contributed by atoms with Gasteiger partial charge >= 0.3 is 0 Å². The Morgan fingerprint density at radius 2 is 2.28 bits per heavy atom. The summed E-state index contributed by atoms with van der Waals surface area (Å²) < 4.78 is 1.86. The van der Waals surface area contributed by atoms with E-state index in [1.807, 2.05) is 43.2 Å². The topological polar surface area (TPSA) is 59.3 Å². The molecule has 5 heteroatoms. The van der Waals surface area contributed by atoms with Gasteiger partial charge in [-0.05, 0) is 63.6 Å². The van der Waals surface area contributed by atoms with E-state index in [4.69, 9.17) is 0 Å². The minimum atomic E-state index is -0.353. The number of ketones is 1. The number of aliphatic imine (C=N–C) groups is 1. The van der Waals surface area contributed by atoms with E-state index in [0.29, 0.717) is 11.7 Å². The first-order valence-electron chi connectivity index (χ1n) is 10.9. The summed E-state index contributed by atoms with van der Waals surface area (Å²) in [6.07, 6.45) is 17.4. The highest BCUT2D eigenvalue weighted by atomic mass is 16.1. The molecule has 2 aliphatic rings. The highest BCUT2D eigenvalue weighted by Gasteiger charge is 2.45. The molecule has 0 amide bonds. The third-order valence-electron chi connectivity index (χ3n) is 6.11. The Kier molecular flexibility index (Phi) is 7.40. The van der Waals surface area contributed by atoms with Gasteiger partial charge in [-0.3, -0.25) is 9.79 Å². The van der Waals surface area contributed by atoms with Crippen molar-refractivity contribution in [2.24, 2.45) is 17.5 Å². The largest absolute Gasteiger partial charge is 0.340 e. The third-order valence-corrected chi connectivity index (χ3v) is 6.11. The Balaban J connectivity index is 1.72. The summed E-state index contributed by atoms with van der Waals surface area (Å²) in [5.74, 6) is 0.195. The number of nitrogens with one attached hydrogen (secondary N) is 1. The van der Waals surface area contributed by atoms with Crippen LogP contribution in [-0.4, -0.2) is 34.1 Å². The van der Waals surface area contributed by atoms with Gasteiger partial charge in [0, 0.05) is 42.7 Å². The smallest absolute Gasteiger partial charge is 0.188 e. The lowest BCUT2D eigenvalue weighted by Crippen LogP contribution is -2.33. The number of Topliss-reactive ketones (excluding diaryl/α,β-unsaturated/α-hetero) is 1. The SMILES string of the molecule is CCCCCNC1CC[C@](CCC2=C=CC(C)=CN=C2)(C(=O)c2cn(C)cn2)C1. The highest BCUT2D eigenvalue weighted by Crippen LogP contribution is 2.45. The number of rotatable bonds is 10. The number of hydrogen-bond acceptors (Lipinski definition) is 4. The molecule has 2 atom stereocenters. The first-order valence-corrected chi connectivity index (χ1v) is 10.9. The van der Waals surface area contributed by atoms with Crippen molar-refractivity contribution in [3.8, 4) is 0 Å². The Bertz CT molecular complexity index is 841. The summed E-state index contributed by atoms with van der Waals surface area (Å²) in [6, 6.07) is 0.413. The summed E-state index contributed by atoms with van der Waals surface area (Å²) in [5, 5.41) is 3.70. The summed E-state index contributed by atoms with van der Waals surface area (Å²) in [5.41, 5.74) is 5.73. The lowest BCUT2D eigenvalue weighted by atomic mass is 9.75. The maximum Gasteiger partial charge on any atom is 0.188 e. The molecule has 0 radical (unpaired) electrons. The number of carbonyl (C=O) groups excluding carboxylic acids is 1. The van der Waals surface area contributed by atoms with Crippen LogP contribution in [0.2, 0.25) is 0 Å². The first kappa shape index (κ1) is 21.5. The molecule has 1 aliphatic heterocycles. The number of imidazole rings is 1. The summed E-state index contributed by atoms with van der Waals surface area (Å²) in [4.78, 5) is 22.2. The highest BCUT2D eigenvalue weighted by molar-refractivity contribution is 5.99. The molecular formula is C24H34N4O. The van der Waals surface area contributed by atoms with Crippen molar-refractivity contribution < 1.29 is 4.79 Å². The molecule has 0 spiro atoms. The zero-order chi connectivity index (χ0) is 20.7. The lowest BCUT2D eigenvalue weighted by molar-refractivity contribution is 0.0774. The average molecular weight is 395 g/mol. The van der Waals surface area contributed by atoms with Gasteiger partial charge in [0.1, 0.15) is 5.69 Å². The molecule has 1 unspecified atom stereocenters. The zero-order valence-corrected chi connectivity index (χ0v) is 18.1. The minimum absolute atomic E-state index is 0.195. The molecular weight excluding hydrogens is 360 g/mol. The van der Waals surface area contributed by atoms with E-state index in [1.54, 1.807) is 6.33 Å². The van der Waals surface area contributed by atoms with Crippen LogP contribution < -0.4 is 5.32 Å². The van der Waals surface area contributed by atoms with Gasteiger partial charge in [-0.2, -0.15) is 0 Å². The van der Waals surface area contributed by atoms with E-state index in [-0.39, 0.29) is 11.2 Å². The summed E-state index contributed by atoms with van der Waals surface area (Å²) >= 11 is 0. The Hall–Kier alpha value is -2.23. The number of unbranched alkanes of at least 4 members (excludes halogenated alkanes) is 2. The van der Waals surface area contributed by atoms with E-state index < -0.39 is 0 Å². The Morgan fingerprint density at radius 3 is 3.03 bits per heavy atom. The standard InChI is InChI=1S/C24H34N4O/c1-4-5-6-13-26-21-10-12-24(14-21,23(29)22-17-28(3)18-27-22)11-9-20-8-7-19(2)15-25-16-20/h7,15-18,21,26H,4-6,9-14H2,1-3H3/t21?,24-/m0/s1. The normalized spacial score (nSPS) is 23.8. The minimum Gasteiger partial charge on any atom is -0.340 e. The predicted molar refractivity (Wildman–Crippen MR) is 118 cm³/mol. The van der Waals surface area contributed by atoms with Crippen LogP contribution in [0.15, 0.2) is 46.7 Å². The fourth-order valence-electron chi connectivity index (χ4n) is 4.37. The molecule has 0 aromatic carbocycles. The van der Waals surface area contributed by atoms with Crippen molar-refractivity contribution in [2.45, 2.75) is 71.3 Å². The van der Waals surface area contributed by atoms with Gasteiger partial charge in [-0.25, -0.2) is 4.98 Å². The third kappa shape index (κ3) is 5.65. The van der Waals surface area contributed by atoms with Gasteiger partial charge in [0.2, 0.25) is 0 Å². The van der Waals surface area contributed by atoms with E-state index in [9.17, 15) is 4.79 Å². The number of aryl methyl sites for hydroxylation is 1. The summed E-state index contributed by atoms with van der Waals surface area (Å²) in [6.45, 7) is 5.28. The first-order chi connectivity index (χ1) is 14.0. The van der Waals surface area contributed by atoms with Crippen LogP contribution in [-0.2, 0) is 7.05 Å². The predicted octanol–water partition coefficient (Wildman–Crippen LogP) is 4.77.